The van der Waals surface area contributed by atoms with Crippen molar-refractivity contribution in [3.63, 3.8) is 0 Å². The van der Waals surface area contributed by atoms with E-state index in [4.69, 9.17) is 11.6 Å². The molecule has 0 heterocycles. The molecule has 1 aromatic carbocycles. The van der Waals surface area contributed by atoms with Crippen LogP contribution in [0.1, 0.15) is 95.5 Å². The van der Waals surface area contributed by atoms with Crippen LogP contribution >= 0.6 is 11.6 Å². The van der Waals surface area contributed by atoms with Crippen LogP contribution in [-0.2, 0) is 0 Å². The van der Waals surface area contributed by atoms with Crippen LogP contribution in [0.25, 0.3) is 0 Å². The molecule has 0 N–H and O–H groups in total. The normalized spacial score (nSPS) is 29.7. The molecule has 0 saturated heterocycles. The lowest BCUT2D eigenvalue weighted by Gasteiger charge is -2.30. The van der Waals surface area contributed by atoms with E-state index in [1.165, 1.54) is 76.3 Å². The minimum Gasteiger partial charge on any atom is -0.205 e. The second kappa shape index (κ2) is 9.53. The van der Waals surface area contributed by atoms with Crippen molar-refractivity contribution in [2.45, 2.75) is 89.9 Å². The van der Waals surface area contributed by atoms with Gasteiger partial charge in [-0.3, -0.25) is 0 Å². The van der Waals surface area contributed by atoms with E-state index in [0.717, 1.165) is 36.2 Å². The average molecular weight is 383 g/mol. The Morgan fingerprint density at radius 1 is 0.808 bits per heavy atom. The van der Waals surface area contributed by atoms with E-state index in [1.54, 1.807) is 0 Å². The predicted molar refractivity (Wildman–Crippen MR) is 106 cm³/mol. The molecule has 0 unspecified atom stereocenters. The van der Waals surface area contributed by atoms with Crippen LogP contribution in [0.4, 0.5) is 8.78 Å². The van der Waals surface area contributed by atoms with Crippen LogP contribution in [0.2, 0.25) is 5.02 Å². The van der Waals surface area contributed by atoms with Crippen LogP contribution in [0, 0.1) is 29.4 Å². The van der Waals surface area contributed by atoms with E-state index >= 15 is 0 Å². The van der Waals surface area contributed by atoms with Crippen molar-refractivity contribution < 1.29 is 8.78 Å². The van der Waals surface area contributed by atoms with E-state index in [-0.39, 0.29) is 10.9 Å². The molecule has 2 aliphatic rings. The van der Waals surface area contributed by atoms with Crippen molar-refractivity contribution in [2.24, 2.45) is 17.8 Å². The Kier molecular flexibility index (Phi) is 7.37. The molecule has 0 aromatic heterocycles. The van der Waals surface area contributed by atoms with Crippen LogP contribution < -0.4 is 0 Å². The van der Waals surface area contributed by atoms with Gasteiger partial charge in [0, 0.05) is 0 Å². The third-order valence-corrected chi connectivity index (χ3v) is 7.45. The number of hydrogen-bond acceptors (Lipinski definition) is 0. The summed E-state index contributed by atoms with van der Waals surface area (Å²) in [6.07, 6.45) is 15.7. The summed E-state index contributed by atoms with van der Waals surface area (Å²) in [7, 11) is 0. The fourth-order valence-corrected chi connectivity index (χ4v) is 5.33. The molecule has 3 heteroatoms. The molecule has 146 valence electrons. The molecule has 0 amide bonds. The third kappa shape index (κ3) is 5.21. The van der Waals surface area contributed by atoms with E-state index < -0.39 is 11.6 Å². The Morgan fingerprint density at radius 3 is 1.77 bits per heavy atom. The van der Waals surface area contributed by atoms with Crippen molar-refractivity contribution in [3.8, 4) is 0 Å². The highest BCUT2D eigenvalue weighted by atomic mass is 35.5. The molecular weight excluding hydrogens is 350 g/mol. The molecule has 0 radical (unpaired) electrons. The van der Waals surface area contributed by atoms with Gasteiger partial charge in [-0.2, -0.15) is 0 Å². The summed E-state index contributed by atoms with van der Waals surface area (Å²) in [5.41, 5.74) is 0.788. The molecular formula is C23H33ClF2. The van der Waals surface area contributed by atoms with Gasteiger partial charge in [-0.15, -0.1) is 0 Å². The van der Waals surface area contributed by atoms with Gasteiger partial charge >= 0.3 is 0 Å². The molecule has 0 bridgehead atoms. The monoisotopic (exact) mass is 382 g/mol. The lowest BCUT2D eigenvalue weighted by atomic mass is 9.75. The van der Waals surface area contributed by atoms with E-state index in [2.05, 4.69) is 6.92 Å². The van der Waals surface area contributed by atoms with Gasteiger partial charge in [0.1, 0.15) is 16.7 Å². The fraction of sp³-hybridized carbons (Fsp3) is 0.739. The SMILES string of the molecule is CCC1CCC(CCCC2CCC(c3cc(F)c(Cl)c(F)c3)CC2)CC1. The molecule has 2 fully saturated rings. The van der Waals surface area contributed by atoms with E-state index in [0.29, 0.717) is 0 Å². The van der Waals surface area contributed by atoms with Crippen molar-refractivity contribution in [1.29, 1.82) is 0 Å². The first-order valence-corrected chi connectivity index (χ1v) is 11.1. The van der Waals surface area contributed by atoms with Crippen molar-refractivity contribution in [1.82, 2.24) is 0 Å². The van der Waals surface area contributed by atoms with Gasteiger partial charge in [-0.25, -0.2) is 8.78 Å². The smallest absolute Gasteiger partial charge is 0.145 e. The van der Waals surface area contributed by atoms with Crippen LogP contribution in [0.5, 0.6) is 0 Å². The van der Waals surface area contributed by atoms with Gasteiger partial charge in [-0.05, 0) is 67.1 Å². The standard InChI is InChI=1S/C23H33ClF2/c1-2-16-6-8-17(9-7-16)4-3-5-18-10-12-19(13-11-18)20-14-21(25)23(24)22(26)15-20/h14-19H,2-13H2,1H3. The summed E-state index contributed by atoms with van der Waals surface area (Å²) in [4.78, 5) is 0. The largest absolute Gasteiger partial charge is 0.205 e. The van der Waals surface area contributed by atoms with Gasteiger partial charge in [0.25, 0.3) is 0 Å². The highest BCUT2D eigenvalue weighted by molar-refractivity contribution is 6.30. The van der Waals surface area contributed by atoms with Gasteiger partial charge in [0.05, 0.1) is 0 Å². The minimum absolute atomic E-state index is 0.289. The van der Waals surface area contributed by atoms with Gasteiger partial charge < -0.3 is 0 Å². The molecule has 0 spiro atoms. The zero-order valence-electron chi connectivity index (χ0n) is 16.1. The van der Waals surface area contributed by atoms with Crippen LogP contribution in [-0.4, -0.2) is 0 Å². The van der Waals surface area contributed by atoms with Gasteiger partial charge in [-0.1, -0.05) is 69.9 Å². The zero-order valence-corrected chi connectivity index (χ0v) is 16.8. The van der Waals surface area contributed by atoms with Gasteiger partial charge in [0.2, 0.25) is 0 Å². The fourth-order valence-electron chi connectivity index (χ4n) is 5.22. The highest BCUT2D eigenvalue weighted by Gasteiger charge is 2.25. The maximum absolute atomic E-state index is 13.7. The molecule has 26 heavy (non-hydrogen) atoms. The third-order valence-electron chi connectivity index (χ3n) is 7.09. The molecule has 2 aliphatic carbocycles. The van der Waals surface area contributed by atoms with E-state index in [9.17, 15) is 8.78 Å². The topological polar surface area (TPSA) is 0 Å². The van der Waals surface area contributed by atoms with Crippen molar-refractivity contribution >= 4 is 11.6 Å². The Labute approximate surface area is 162 Å². The molecule has 0 aliphatic heterocycles. The first kappa shape index (κ1) is 20.1. The summed E-state index contributed by atoms with van der Waals surface area (Å²) in [5.74, 6) is 1.80. The molecule has 2 saturated carbocycles. The Morgan fingerprint density at radius 2 is 1.27 bits per heavy atom. The first-order valence-electron chi connectivity index (χ1n) is 10.7. The highest BCUT2D eigenvalue weighted by Crippen LogP contribution is 2.40. The minimum atomic E-state index is -0.624. The number of benzene rings is 1. The summed E-state index contributed by atoms with van der Waals surface area (Å²) in [6, 6.07) is 2.87. The summed E-state index contributed by atoms with van der Waals surface area (Å²) in [5, 5.41) is -0.379. The molecule has 1 aromatic rings. The second-order valence-electron chi connectivity index (χ2n) is 8.74. The number of rotatable bonds is 6. The maximum Gasteiger partial charge on any atom is 0.145 e. The summed E-state index contributed by atoms with van der Waals surface area (Å²) < 4.78 is 27.4. The zero-order chi connectivity index (χ0) is 18.5. The summed E-state index contributed by atoms with van der Waals surface area (Å²) >= 11 is 5.60. The number of hydrogen-bond donors (Lipinski definition) is 0. The van der Waals surface area contributed by atoms with Crippen LogP contribution in [0.15, 0.2) is 12.1 Å². The maximum atomic E-state index is 13.7. The first-order chi connectivity index (χ1) is 12.6. The van der Waals surface area contributed by atoms with Crippen molar-refractivity contribution in [2.75, 3.05) is 0 Å². The Bertz CT molecular complexity index is 547. The predicted octanol–water partition coefficient (Wildman–Crippen LogP) is 8.28. The van der Waals surface area contributed by atoms with Crippen molar-refractivity contribution in [3.05, 3.63) is 34.4 Å². The Hall–Kier alpha value is -0.630. The molecule has 0 nitrogen and oxygen atoms in total. The van der Waals surface area contributed by atoms with Gasteiger partial charge in [0.15, 0.2) is 0 Å². The lowest BCUT2D eigenvalue weighted by Crippen LogP contribution is -2.16. The lowest BCUT2D eigenvalue weighted by molar-refractivity contribution is 0.241. The second-order valence-corrected chi connectivity index (χ2v) is 9.12. The molecule has 0 atom stereocenters. The van der Waals surface area contributed by atoms with Crippen LogP contribution in [0.3, 0.4) is 0 Å². The number of halogens is 3. The molecule has 3 rings (SSSR count). The summed E-state index contributed by atoms with van der Waals surface area (Å²) in [6.45, 7) is 2.33. The Balaban J connectivity index is 1.38. The quantitative estimate of drug-likeness (QED) is 0.434. The van der Waals surface area contributed by atoms with E-state index in [1.807, 2.05) is 0 Å². The average Bonchev–Trinajstić information content (AvgIpc) is 2.67.